The number of amides is 1. The van der Waals surface area contributed by atoms with Gasteiger partial charge in [0.05, 0.1) is 6.61 Å². The van der Waals surface area contributed by atoms with Gasteiger partial charge in [-0.3, -0.25) is 0 Å². The van der Waals surface area contributed by atoms with Gasteiger partial charge in [-0.2, -0.15) is 0 Å². The minimum Gasteiger partial charge on any atom is -0.449 e. The Balaban J connectivity index is 3.05. The van der Waals surface area contributed by atoms with Gasteiger partial charge in [0.1, 0.15) is 0 Å². The molecule has 1 amide bonds. The number of hydrogen-bond acceptors (Lipinski definition) is 2. The Morgan fingerprint density at radius 1 is 1.62 bits per heavy atom. The number of rotatable bonds is 2. The summed E-state index contributed by atoms with van der Waals surface area (Å²) in [5.74, 6) is 1.03. The first kappa shape index (κ1) is 7.27. The molecule has 0 rings (SSSR count). The third kappa shape index (κ3) is 5.27. The molecular weight excluding hydrogens is 106 g/mol. The molecule has 0 heterocycles. The van der Waals surface area contributed by atoms with E-state index in [1.807, 2.05) is 13.8 Å². The highest BCUT2D eigenvalue weighted by molar-refractivity contribution is 5.64. The molecular formula is C5H10NO2. The Morgan fingerprint density at radius 2 is 2.12 bits per heavy atom. The summed E-state index contributed by atoms with van der Waals surface area (Å²) in [7, 11) is 0. The molecule has 0 unspecified atom stereocenters. The van der Waals surface area contributed by atoms with E-state index in [2.05, 4.69) is 10.5 Å². The zero-order chi connectivity index (χ0) is 6.57. The summed E-state index contributed by atoms with van der Waals surface area (Å²) >= 11 is 0. The molecule has 0 aromatic heterocycles. The average molecular weight is 116 g/mol. The minimum absolute atomic E-state index is 0.329. The fourth-order valence-corrected chi connectivity index (χ4v) is 0.215. The van der Waals surface area contributed by atoms with Crippen molar-refractivity contribution in [3.63, 3.8) is 0 Å². The molecule has 3 heteroatoms. The Kier molecular flexibility index (Phi) is 2.99. The van der Waals surface area contributed by atoms with E-state index in [1.165, 1.54) is 0 Å². The molecule has 8 heavy (non-hydrogen) atoms. The predicted octanol–water partition coefficient (Wildman–Crippen LogP) is 0.696. The number of ether oxygens (including phenoxy) is 1. The SMILES string of the molecule is C[C](C)COC(N)=O. The van der Waals surface area contributed by atoms with Crippen LogP contribution in [-0.4, -0.2) is 12.7 Å². The van der Waals surface area contributed by atoms with Gasteiger partial charge in [0.2, 0.25) is 0 Å². The Bertz CT molecular complexity index is 80.5. The van der Waals surface area contributed by atoms with Crippen molar-refractivity contribution in [2.24, 2.45) is 5.73 Å². The van der Waals surface area contributed by atoms with Crippen molar-refractivity contribution in [3.8, 4) is 0 Å². The quantitative estimate of drug-likeness (QED) is 0.577. The van der Waals surface area contributed by atoms with Crippen LogP contribution in [0.15, 0.2) is 0 Å². The second-order valence-electron chi connectivity index (χ2n) is 1.81. The number of carbonyl (C=O) groups excluding carboxylic acids is 1. The molecule has 2 N–H and O–H groups in total. The van der Waals surface area contributed by atoms with Crippen LogP contribution < -0.4 is 5.73 Å². The molecule has 0 fully saturated rings. The van der Waals surface area contributed by atoms with Gasteiger partial charge in [0.15, 0.2) is 0 Å². The number of nitrogens with two attached hydrogens (primary N) is 1. The van der Waals surface area contributed by atoms with E-state index in [-0.39, 0.29) is 0 Å². The summed E-state index contributed by atoms with van der Waals surface area (Å²) in [5, 5.41) is 0. The number of carbonyl (C=O) groups is 1. The van der Waals surface area contributed by atoms with Gasteiger partial charge in [0, 0.05) is 5.92 Å². The first-order valence-electron chi connectivity index (χ1n) is 2.34. The fraction of sp³-hybridized carbons (Fsp3) is 0.600. The molecule has 0 saturated carbocycles. The zero-order valence-electron chi connectivity index (χ0n) is 5.10. The molecule has 0 saturated heterocycles. The normalized spacial score (nSPS) is 9.38. The third-order valence-corrected chi connectivity index (χ3v) is 0.503. The topological polar surface area (TPSA) is 52.3 Å². The third-order valence-electron chi connectivity index (χ3n) is 0.503. The van der Waals surface area contributed by atoms with Gasteiger partial charge in [0.25, 0.3) is 0 Å². The van der Waals surface area contributed by atoms with Crippen LogP contribution in [0.4, 0.5) is 4.79 Å². The molecule has 0 aromatic rings. The van der Waals surface area contributed by atoms with Crippen molar-refractivity contribution in [3.05, 3.63) is 5.92 Å². The molecule has 0 aliphatic heterocycles. The highest BCUT2D eigenvalue weighted by Gasteiger charge is 1.95. The van der Waals surface area contributed by atoms with Crippen LogP contribution in [0.2, 0.25) is 0 Å². The molecule has 0 aromatic carbocycles. The summed E-state index contributed by atoms with van der Waals surface area (Å²) in [6, 6.07) is 0. The van der Waals surface area contributed by atoms with Crippen molar-refractivity contribution in [1.82, 2.24) is 0 Å². The Morgan fingerprint density at radius 3 is 2.25 bits per heavy atom. The smallest absolute Gasteiger partial charge is 0.404 e. The molecule has 0 aliphatic rings. The average Bonchev–Trinajstić information content (AvgIpc) is 1.61. The monoisotopic (exact) mass is 116 g/mol. The maximum Gasteiger partial charge on any atom is 0.404 e. The van der Waals surface area contributed by atoms with E-state index < -0.39 is 6.09 Å². The maximum atomic E-state index is 9.89. The summed E-state index contributed by atoms with van der Waals surface area (Å²) < 4.78 is 4.41. The predicted molar refractivity (Wildman–Crippen MR) is 30.1 cm³/mol. The molecule has 3 nitrogen and oxygen atoms in total. The van der Waals surface area contributed by atoms with E-state index >= 15 is 0 Å². The van der Waals surface area contributed by atoms with E-state index in [0.717, 1.165) is 5.92 Å². The van der Waals surface area contributed by atoms with Crippen LogP contribution in [0, 0.1) is 5.92 Å². The number of hydrogen-bond donors (Lipinski definition) is 1. The van der Waals surface area contributed by atoms with Crippen molar-refractivity contribution in [2.45, 2.75) is 13.8 Å². The van der Waals surface area contributed by atoms with Gasteiger partial charge in [-0.1, -0.05) is 13.8 Å². The highest BCUT2D eigenvalue weighted by Crippen LogP contribution is 1.93. The highest BCUT2D eigenvalue weighted by atomic mass is 16.5. The molecule has 47 valence electrons. The van der Waals surface area contributed by atoms with Gasteiger partial charge < -0.3 is 10.5 Å². The van der Waals surface area contributed by atoms with Crippen molar-refractivity contribution in [2.75, 3.05) is 6.61 Å². The van der Waals surface area contributed by atoms with E-state index in [0.29, 0.717) is 6.61 Å². The second kappa shape index (κ2) is 3.29. The van der Waals surface area contributed by atoms with Crippen LogP contribution in [0.5, 0.6) is 0 Å². The van der Waals surface area contributed by atoms with Gasteiger partial charge >= 0.3 is 6.09 Å². The fourth-order valence-electron chi connectivity index (χ4n) is 0.215. The molecule has 0 spiro atoms. The van der Waals surface area contributed by atoms with E-state index in [1.54, 1.807) is 0 Å². The van der Waals surface area contributed by atoms with E-state index in [9.17, 15) is 4.79 Å². The number of primary amides is 1. The first-order valence-corrected chi connectivity index (χ1v) is 2.34. The molecule has 0 atom stereocenters. The van der Waals surface area contributed by atoms with Crippen LogP contribution in [0.3, 0.4) is 0 Å². The Hall–Kier alpha value is -0.730. The van der Waals surface area contributed by atoms with Crippen molar-refractivity contribution < 1.29 is 9.53 Å². The maximum absolute atomic E-state index is 9.89. The molecule has 0 aliphatic carbocycles. The van der Waals surface area contributed by atoms with Crippen LogP contribution >= 0.6 is 0 Å². The summed E-state index contributed by atoms with van der Waals surface area (Å²) in [6.45, 7) is 4.06. The lowest BCUT2D eigenvalue weighted by atomic mass is 10.2. The summed E-state index contributed by atoms with van der Waals surface area (Å²) in [4.78, 5) is 9.89. The van der Waals surface area contributed by atoms with Crippen LogP contribution in [0.25, 0.3) is 0 Å². The zero-order valence-corrected chi connectivity index (χ0v) is 5.10. The Labute approximate surface area is 48.8 Å². The lowest BCUT2D eigenvalue weighted by molar-refractivity contribution is 0.161. The van der Waals surface area contributed by atoms with Gasteiger partial charge in [-0.25, -0.2) is 4.79 Å². The van der Waals surface area contributed by atoms with Crippen LogP contribution in [-0.2, 0) is 4.74 Å². The largest absolute Gasteiger partial charge is 0.449 e. The molecule has 0 bridgehead atoms. The summed E-state index contributed by atoms with van der Waals surface area (Å²) in [5.41, 5.74) is 4.67. The minimum atomic E-state index is -0.716. The van der Waals surface area contributed by atoms with Crippen molar-refractivity contribution in [1.29, 1.82) is 0 Å². The molecule has 1 radical (unpaired) electrons. The van der Waals surface area contributed by atoms with Gasteiger partial charge in [-0.15, -0.1) is 0 Å². The van der Waals surface area contributed by atoms with Crippen molar-refractivity contribution >= 4 is 6.09 Å². The summed E-state index contributed by atoms with van der Waals surface area (Å²) in [6.07, 6.45) is -0.716. The standard InChI is InChI=1S/C5H10NO2/c1-4(2)3-8-5(6)7/h3H2,1-2H3,(H2,6,7). The van der Waals surface area contributed by atoms with Crippen LogP contribution in [0.1, 0.15) is 13.8 Å². The lowest BCUT2D eigenvalue weighted by Gasteiger charge is -2.01. The van der Waals surface area contributed by atoms with E-state index in [4.69, 9.17) is 0 Å². The van der Waals surface area contributed by atoms with Gasteiger partial charge in [-0.05, 0) is 0 Å². The second-order valence-corrected chi connectivity index (χ2v) is 1.81. The first-order chi connectivity index (χ1) is 3.63. The lowest BCUT2D eigenvalue weighted by Crippen LogP contribution is -2.15.